The van der Waals surface area contributed by atoms with E-state index in [1.807, 2.05) is 6.92 Å². The fourth-order valence-corrected chi connectivity index (χ4v) is 1.06. The molecule has 0 saturated carbocycles. The molecule has 1 N–H and O–H groups in total. The van der Waals surface area contributed by atoms with E-state index < -0.39 is 5.60 Å². The zero-order chi connectivity index (χ0) is 9.78. The molecule has 0 radical (unpaired) electrons. The first-order valence-corrected chi connectivity index (χ1v) is 4.67. The Labute approximate surface area is 75.9 Å². The van der Waals surface area contributed by atoms with Gasteiger partial charge < -0.3 is 9.84 Å². The van der Waals surface area contributed by atoms with Crippen LogP contribution in [0.15, 0.2) is 0 Å². The van der Waals surface area contributed by atoms with Crippen molar-refractivity contribution < 1.29 is 9.84 Å². The van der Waals surface area contributed by atoms with Crippen molar-refractivity contribution in [1.29, 1.82) is 0 Å². The van der Waals surface area contributed by atoms with E-state index in [2.05, 4.69) is 20.8 Å². The fraction of sp³-hybridized carbons (Fsp3) is 1.00. The molecule has 0 aromatic heterocycles. The standard InChI is InChI=1S/C6H12O2.C4H10/c1-5-3-6(2,7)4-8-5;1-4(2)3/h5,7H,3-4H2,1-2H3;4H,1-3H3. The van der Waals surface area contributed by atoms with Gasteiger partial charge in [-0.15, -0.1) is 0 Å². The smallest absolute Gasteiger partial charge is 0.0876 e. The molecule has 74 valence electrons. The van der Waals surface area contributed by atoms with Crippen molar-refractivity contribution in [3.8, 4) is 0 Å². The summed E-state index contributed by atoms with van der Waals surface area (Å²) < 4.78 is 5.12. The summed E-state index contributed by atoms with van der Waals surface area (Å²) in [6.45, 7) is 10.8. The van der Waals surface area contributed by atoms with Crippen LogP contribution in [-0.2, 0) is 4.74 Å². The zero-order valence-electron chi connectivity index (χ0n) is 8.92. The summed E-state index contributed by atoms with van der Waals surface area (Å²) in [5.74, 6) is 0.833. The van der Waals surface area contributed by atoms with Gasteiger partial charge in [-0.2, -0.15) is 0 Å². The van der Waals surface area contributed by atoms with Gasteiger partial charge in [-0.3, -0.25) is 0 Å². The van der Waals surface area contributed by atoms with Crippen LogP contribution in [-0.4, -0.2) is 23.4 Å². The van der Waals surface area contributed by atoms with Crippen LogP contribution in [0.2, 0.25) is 0 Å². The molecule has 2 unspecified atom stereocenters. The van der Waals surface area contributed by atoms with Crippen molar-refractivity contribution in [2.24, 2.45) is 5.92 Å². The van der Waals surface area contributed by atoms with Crippen LogP contribution in [0.5, 0.6) is 0 Å². The van der Waals surface area contributed by atoms with Gasteiger partial charge in [-0.05, 0) is 19.8 Å². The van der Waals surface area contributed by atoms with E-state index in [0.717, 1.165) is 12.3 Å². The largest absolute Gasteiger partial charge is 0.388 e. The van der Waals surface area contributed by atoms with Gasteiger partial charge in [0, 0.05) is 6.42 Å². The van der Waals surface area contributed by atoms with Crippen molar-refractivity contribution in [2.75, 3.05) is 6.61 Å². The molecule has 1 aliphatic rings. The highest BCUT2D eigenvalue weighted by atomic mass is 16.5. The maximum absolute atomic E-state index is 9.24. The summed E-state index contributed by atoms with van der Waals surface area (Å²) in [7, 11) is 0. The van der Waals surface area contributed by atoms with Crippen LogP contribution in [0.1, 0.15) is 41.0 Å². The predicted octanol–water partition coefficient (Wildman–Crippen LogP) is 2.21. The van der Waals surface area contributed by atoms with Crippen molar-refractivity contribution in [3.05, 3.63) is 0 Å². The highest BCUT2D eigenvalue weighted by Gasteiger charge is 2.30. The Morgan fingerprint density at radius 2 is 1.83 bits per heavy atom. The Morgan fingerprint density at radius 1 is 1.42 bits per heavy atom. The number of ether oxygens (including phenoxy) is 1. The first-order valence-electron chi connectivity index (χ1n) is 4.67. The minimum atomic E-state index is -0.556. The maximum atomic E-state index is 9.24. The fourth-order valence-electron chi connectivity index (χ4n) is 1.06. The number of hydrogen-bond acceptors (Lipinski definition) is 2. The third kappa shape index (κ3) is 6.62. The van der Waals surface area contributed by atoms with Crippen LogP contribution < -0.4 is 0 Å². The second-order valence-electron chi connectivity index (χ2n) is 4.55. The van der Waals surface area contributed by atoms with Gasteiger partial charge in [0.25, 0.3) is 0 Å². The minimum Gasteiger partial charge on any atom is -0.388 e. The first-order chi connectivity index (χ1) is 5.33. The lowest BCUT2D eigenvalue weighted by molar-refractivity contribution is 0.0377. The van der Waals surface area contributed by atoms with Crippen LogP contribution in [0, 0.1) is 5.92 Å². The molecule has 2 atom stereocenters. The van der Waals surface area contributed by atoms with Crippen LogP contribution >= 0.6 is 0 Å². The quantitative estimate of drug-likeness (QED) is 0.610. The Hall–Kier alpha value is -0.0800. The predicted molar refractivity (Wildman–Crippen MR) is 51.2 cm³/mol. The van der Waals surface area contributed by atoms with Gasteiger partial charge in [-0.25, -0.2) is 0 Å². The molecule has 0 bridgehead atoms. The van der Waals surface area contributed by atoms with E-state index in [4.69, 9.17) is 4.74 Å². The van der Waals surface area contributed by atoms with E-state index in [0.29, 0.717) is 6.61 Å². The summed E-state index contributed by atoms with van der Waals surface area (Å²) in [4.78, 5) is 0. The second kappa shape index (κ2) is 4.83. The molecule has 1 fully saturated rings. The average Bonchev–Trinajstić information content (AvgIpc) is 2.07. The molecule has 12 heavy (non-hydrogen) atoms. The second-order valence-corrected chi connectivity index (χ2v) is 4.55. The molecule has 2 nitrogen and oxygen atoms in total. The molecule has 1 rings (SSSR count). The summed E-state index contributed by atoms with van der Waals surface area (Å²) in [5, 5.41) is 9.24. The van der Waals surface area contributed by atoms with Gasteiger partial charge in [0.15, 0.2) is 0 Å². The first kappa shape index (κ1) is 11.9. The van der Waals surface area contributed by atoms with Crippen LogP contribution in [0.25, 0.3) is 0 Å². The molecule has 1 heterocycles. The average molecular weight is 174 g/mol. The molecule has 0 amide bonds. The SMILES string of the molecule is CC(C)C.CC1CC(C)(O)CO1. The molecular formula is C10H22O2. The lowest BCUT2D eigenvalue weighted by atomic mass is 10.0. The maximum Gasteiger partial charge on any atom is 0.0876 e. The Kier molecular flexibility index (Phi) is 4.80. The molecule has 1 aliphatic heterocycles. The van der Waals surface area contributed by atoms with Crippen molar-refractivity contribution in [3.63, 3.8) is 0 Å². The zero-order valence-corrected chi connectivity index (χ0v) is 8.92. The monoisotopic (exact) mass is 174 g/mol. The molecular weight excluding hydrogens is 152 g/mol. The van der Waals surface area contributed by atoms with Gasteiger partial charge >= 0.3 is 0 Å². The highest BCUT2D eigenvalue weighted by Crippen LogP contribution is 2.22. The lowest BCUT2D eigenvalue weighted by Gasteiger charge is -2.10. The summed E-state index contributed by atoms with van der Waals surface area (Å²) in [6, 6.07) is 0. The van der Waals surface area contributed by atoms with Gasteiger partial charge in [-0.1, -0.05) is 20.8 Å². The van der Waals surface area contributed by atoms with E-state index in [1.165, 1.54) is 0 Å². The summed E-state index contributed by atoms with van der Waals surface area (Å²) in [5.41, 5.74) is -0.556. The topological polar surface area (TPSA) is 29.5 Å². The van der Waals surface area contributed by atoms with Crippen LogP contribution in [0.3, 0.4) is 0 Å². The van der Waals surface area contributed by atoms with E-state index in [1.54, 1.807) is 6.92 Å². The third-order valence-corrected chi connectivity index (χ3v) is 1.41. The Bertz CT molecular complexity index is 116. The molecule has 0 spiro atoms. The van der Waals surface area contributed by atoms with Crippen molar-refractivity contribution in [1.82, 2.24) is 0 Å². The summed E-state index contributed by atoms with van der Waals surface area (Å²) >= 11 is 0. The molecule has 2 heteroatoms. The molecule has 1 saturated heterocycles. The van der Waals surface area contributed by atoms with Gasteiger partial charge in [0.2, 0.25) is 0 Å². The highest BCUT2D eigenvalue weighted by molar-refractivity contribution is 4.80. The summed E-state index contributed by atoms with van der Waals surface area (Å²) in [6.07, 6.45) is 1.01. The van der Waals surface area contributed by atoms with Gasteiger partial charge in [0.05, 0.1) is 18.3 Å². The van der Waals surface area contributed by atoms with Crippen LogP contribution in [0.4, 0.5) is 0 Å². The number of rotatable bonds is 0. The third-order valence-electron chi connectivity index (χ3n) is 1.41. The lowest BCUT2D eigenvalue weighted by Crippen LogP contribution is -2.23. The van der Waals surface area contributed by atoms with E-state index in [9.17, 15) is 5.11 Å². The normalized spacial score (nSPS) is 34.8. The minimum absolute atomic E-state index is 0.241. The van der Waals surface area contributed by atoms with Crippen molar-refractivity contribution >= 4 is 0 Å². The Morgan fingerprint density at radius 3 is 1.92 bits per heavy atom. The van der Waals surface area contributed by atoms with E-state index >= 15 is 0 Å². The number of aliphatic hydroxyl groups is 1. The van der Waals surface area contributed by atoms with Gasteiger partial charge in [0.1, 0.15) is 0 Å². The molecule has 0 aromatic carbocycles. The van der Waals surface area contributed by atoms with Crippen molar-refractivity contribution in [2.45, 2.75) is 52.7 Å². The number of hydrogen-bond donors (Lipinski definition) is 1. The van der Waals surface area contributed by atoms with E-state index in [-0.39, 0.29) is 6.10 Å². The molecule has 0 aliphatic carbocycles. The molecule has 0 aromatic rings. The Balaban J connectivity index is 0.000000261.